The topological polar surface area (TPSA) is 21.8 Å². The summed E-state index contributed by atoms with van der Waals surface area (Å²) >= 11 is 0. The van der Waals surface area contributed by atoms with E-state index < -0.39 is 0 Å². The average Bonchev–Trinajstić information content (AvgIpc) is 2.97. The number of methoxy groups -OCH3 is 1. The smallest absolute Gasteiger partial charge is 0.149 e. The normalized spacial score (nSPS) is 24.9. The molecule has 2 nitrogen and oxygen atoms in total. The van der Waals surface area contributed by atoms with Crippen LogP contribution in [0.15, 0.2) is 24.3 Å². The van der Waals surface area contributed by atoms with Crippen LogP contribution in [0.1, 0.15) is 11.7 Å². The molecule has 13 heavy (non-hydrogen) atoms. The van der Waals surface area contributed by atoms with E-state index in [1.54, 1.807) is 7.11 Å². The van der Waals surface area contributed by atoms with E-state index in [9.17, 15) is 0 Å². The van der Waals surface area contributed by atoms with Gasteiger partial charge in [0.05, 0.1) is 7.11 Å². The van der Waals surface area contributed by atoms with Crippen LogP contribution >= 0.6 is 0 Å². The third-order valence-electron chi connectivity index (χ3n) is 2.10. The van der Waals surface area contributed by atoms with E-state index in [1.165, 1.54) is 0 Å². The van der Waals surface area contributed by atoms with E-state index in [2.05, 4.69) is 5.92 Å². The fourth-order valence-electron chi connectivity index (χ4n) is 1.29. The molecule has 1 heterocycles. The Labute approximate surface area is 77.5 Å². The van der Waals surface area contributed by atoms with Crippen molar-refractivity contribution in [3.8, 4) is 18.1 Å². The summed E-state index contributed by atoms with van der Waals surface area (Å²) in [5.74, 6) is 3.41. The van der Waals surface area contributed by atoms with Gasteiger partial charge in [-0.2, -0.15) is 0 Å². The molecule has 2 unspecified atom stereocenters. The molecule has 2 atom stereocenters. The Morgan fingerprint density at radius 1 is 1.38 bits per heavy atom. The molecule has 0 bridgehead atoms. The van der Waals surface area contributed by atoms with Gasteiger partial charge < -0.3 is 9.47 Å². The molecule has 2 heteroatoms. The van der Waals surface area contributed by atoms with Crippen molar-refractivity contribution in [3.05, 3.63) is 29.8 Å². The van der Waals surface area contributed by atoms with Crippen molar-refractivity contribution in [2.75, 3.05) is 7.11 Å². The fourth-order valence-corrected chi connectivity index (χ4v) is 1.29. The summed E-state index contributed by atoms with van der Waals surface area (Å²) in [5.41, 5.74) is 1.11. The summed E-state index contributed by atoms with van der Waals surface area (Å²) < 4.78 is 10.3. The molecule has 1 saturated heterocycles. The molecule has 0 aromatic heterocycles. The van der Waals surface area contributed by atoms with E-state index in [1.807, 2.05) is 24.3 Å². The lowest BCUT2D eigenvalue weighted by atomic mass is 10.1. The Morgan fingerprint density at radius 2 is 2.08 bits per heavy atom. The molecule has 66 valence electrons. The van der Waals surface area contributed by atoms with Crippen molar-refractivity contribution in [1.82, 2.24) is 0 Å². The second-order valence-electron chi connectivity index (χ2n) is 2.92. The van der Waals surface area contributed by atoms with Crippen molar-refractivity contribution in [2.45, 2.75) is 12.2 Å². The van der Waals surface area contributed by atoms with E-state index in [-0.39, 0.29) is 12.2 Å². The molecule has 0 N–H and O–H groups in total. The molecule has 1 aromatic rings. The number of terminal acetylenes is 1. The number of benzene rings is 1. The second-order valence-corrected chi connectivity index (χ2v) is 2.92. The predicted molar refractivity (Wildman–Crippen MR) is 49.4 cm³/mol. The molecular weight excluding hydrogens is 164 g/mol. The number of hydrogen-bond acceptors (Lipinski definition) is 2. The van der Waals surface area contributed by atoms with Crippen molar-refractivity contribution >= 4 is 0 Å². The van der Waals surface area contributed by atoms with Gasteiger partial charge in [0.25, 0.3) is 0 Å². The lowest BCUT2D eigenvalue weighted by molar-refractivity contribution is 0.396. The third kappa shape index (κ3) is 1.51. The van der Waals surface area contributed by atoms with Crippen LogP contribution in [0.4, 0.5) is 0 Å². The van der Waals surface area contributed by atoms with Gasteiger partial charge in [-0.1, -0.05) is 18.1 Å². The van der Waals surface area contributed by atoms with Gasteiger partial charge in [-0.3, -0.25) is 0 Å². The highest BCUT2D eigenvalue weighted by Crippen LogP contribution is 2.38. The molecule has 0 radical (unpaired) electrons. The quantitative estimate of drug-likeness (QED) is 0.503. The first-order chi connectivity index (χ1) is 6.35. The van der Waals surface area contributed by atoms with Crippen LogP contribution in [-0.2, 0) is 4.74 Å². The summed E-state index contributed by atoms with van der Waals surface area (Å²) in [6, 6.07) is 7.76. The number of rotatable bonds is 2. The molecule has 0 saturated carbocycles. The minimum absolute atomic E-state index is 0.0339. The van der Waals surface area contributed by atoms with Crippen LogP contribution in [0, 0.1) is 12.3 Å². The third-order valence-corrected chi connectivity index (χ3v) is 2.10. The van der Waals surface area contributed by atoms with Crippen LogP contribution in [-0.4, -0.2) is 13.2 Å². The largest absolute Gasteiger partial charge is 0.497 e. The van der Waals surface area contributed by atoms with Gasteiger partial charge in [-0.15, -0.1) is 6.42 Å². The highest BCUT2D eigenvalue weighted by Gasteiger charge is 2.38. The monoisotopic (exact) mass is 174 g/mol. The standard InChI is InChI=1S/C11H10O2/c1-3-10-11(13-10)8-4-6-9(12-2)7-5-8/h1,4-7,10-11H,2H3. The van der Waals surface area contributed by atoms with Crippen molar-refractivity contribution in [3.63, 3.8) is 0 Å². The number of ether oxygens (including phenoxy) is 2. The maximum Gasteiger partial charge on any atom is 0.149 e. The SMILES string of the molecule is C#CC1OC1c1ccc(OC)cc1. The Morgan fingerprint density at radius 3 is 2.54 bits per heavy atom. The summed E-state index contributed by atoms with van der Waals surface area (Å²) in [6.07, 6.45) is 5.28. The zero-order valence-electron chi connectivity index (χ0n) is 7.36. The van der Waals surface area contributed by atoms with Crippen molar-refractivity contribution in [1.29, 1.82) is 0 Å². The van der Waals surface area contributed by atoms with Gasteiger partial charge >= 0.3 is 0 Å². The van der Waals surface area contributed by atoms with E-state index in [4.69, 9.17) is 15.9 Å². The van der Waals surface area contributed by atoms with Gasteiger partial charge in [0.2, 0.25) is 0 Å². The van der Waals surface area contributed by atoms with Crippen LogP contribution < -0.4 is 4.74 Å². The van der Waals surface area contributed by atoms with Gasteiger partial charge in [0, 0.05) is 0 Å². The molecule has 1 aliphatic rings. The molecular formula is C11H10O2. The number of epoxide rings is 1. The number of hydrogen-bond donors (Lipinski definition) is 0. The maximum atomic E-state index is 5.25. The minimum atomic E-state index is -0.0339. The van der Waals surface area contributed by atoms with E-state index in [0.717, 1.165) is 11.3 Å². The Hall–Kier alpha value is -1.46. The van der Waals surface area contributed by atoms with Gasteiger partial charge in [0.1, 0.15) is 18.0 Å². The molecule has 1 fully saturated rings. The first-order valence-electron chi connectivity index (χ1n) is 4.10. The van der Waals surface area contributed by atoms with E-state index in [0.29, 0.717) is 0 Å². The van der Waals surface area contributed by atoms with Gasteiger partial charge in [0.15, 0.2) is 0 Å². The van der Waals surface area contributed by atoms with Crippen LogP contribution in [0.25, 0.3) is 0 Å². The summed E-state index contributed by atoms with van der Waals surface area (Å²) in [7, 11) is 1.65. The Balaban J connectivity index is 2.12. The first kappa shape index (κ1) is 8.15. The van der Waals surface area contributed by atoms with E-state index >= 15 is 0 Å². The first-order valence-corrected chi connectivity index (χ1v) is 4.10. The lowest BCUT2D eigenvalue weighted by Crippen LogP contribution is -1.86. The summed E-state index contributed by atoms with van der Waals surface area (Å²) in [4.78, 5) is 0. The average molecular weight is 174 g/mol. The summed E-state index contributed by atoms with van der Waals surface area (Å²) in [5, 5.41) is 0. The van der Waals surface area contributed by atoms with Crippen molar-refractivity contribution in [2.24, 2.45) is 0 Å². The van der Waals surface area contributed by atoms with Gasteiger partial charge in [-0.25, -0.2) is 0 Å². The fraction of sp³-hybridized carbons (Fsp3) is 0.273. The molecule has 0 spiro atoms. The molecule has 0 aliphatic carbocycles. The maximum absolute atomic E-state index is 5.25. The predicted octanol–water partition coefficient (Wildman–Crippen LogP) is 1.77. The highest BCUT2D eigenvalue weighted by atomic mass is 16.6. The second kappa shape index (κ2) is 3.12. The molecule has 1 aromatic carbocycles. The van der Waals surface area contributed by atoms with Crippen LogP contribution in [0.2, 0.25) is 0 Å². The molecule has 2 rings (SSSR count). The molecule has 1 aliphatic heterocycles. The zero-order valence-corrected chi connectivity index (χ0v) is 7.36. The Kier molecular flexibility index (Phi) is 1.96. The zero-order chi connectivity index (χ0) is 9.26. The lowest BCUT2D eigenvalue weighted by Gasteiger charge is -1.99. The minimum Gasteiger partial charge on any atom is -0.497 e. The summed E-state index contributed by atoms with van der Waals surface area (Å²) in [6.45, 7) is 0. The Bertz CT molecular complexity index is 334. The van der Waals surface area contributed by atoms with Crippen LogP contribution in [0.3, 0.4) is 0 Å². The highest BCUT2D eigenvalue weighted by molar-refractivity contribution is 5.32. The molecule has 0 amide bonds. The van der Waals surface area contributed by atoms with Crippen LogP contribution in [0.5, 0.6) is 5.75 Å². The van der Waals surface area contributed by atoms with Gasteiger partial charge in [-0.05, 0) is 17.7 Å². The van der Waals surface area contributed by atoms with Crippen molar-refractivity contribution < 1.29 is 9.47 Å².